The molecule has 0 unspecified atom stereocenters. The molecular weight excluding hydrogens is 456 g/mol. The zero-order valence-electron chi connectivity index (χ0n) is 19.3. The van der Waals surface area contributed by atoms with Crippen LogP contribution in [0.3, 0.4) is 0 Å². The molecule has 9 heteroatoms. The van der Waals surface area contributed by atoms with Crippen molar-refractivity contribution >= 4 is 32.8 Å². The van der Waals surface area contributed by atoms with Crippen molar-refractivity contribution < 1.29 is 27.5 Å². The first kappa shape index (κ1) is 24.0. The van der Waals surface area contributed by atoms with Gasteiger partial charge in [-0.05, 0) is 49.1 Å². The summed E-state index contributed by atoms with van der Waals surface area (Å²) in [4.78, 5) is 25.5. The quantitative estimate of drug-likeness (QED) is 0.472. The Morgan fingerprint density at radius 1 is 1.00 bits per heavy atom. The highest BCUT2D eigenvalue weighted by molar-refractivity contribution is 7.89. The van der Waals surface area contributed by atoms with Gasteiger partial charge in [-0.2, -0.15) is 4.31 Å². The second kappa shape index (κ2) is 9.99. The normalized spacial score (nSPS) is 14.8. The molecule has 34 heavy (non-hydrogen) atoms. The van der Waals surface area contributed by atoms with Crippen molar-refractivity contribution in [2.75, 3.05) is 27.3 Å². The molecule has 0 atom stereocenters. The van der Waals surface area contributed by atoms with E-state index in [0.29, 0.717) is 40.9 Å². The van der Waals surface area contributed by atoms with Gasteiger partial charge in [0.05, 0.1) is 30.2 Å². The number of hydrogen-bond acceptors (Lipinski definition) is 6. The molecule has 180 valence electrons. The molecule has 1 aliphatic rings. The summed E-state index contributed by atoms with van der Waals surface area (Å²) >= 11 is 0. The molecule has 1 saturated heterocycles. The number of aromatic nitrogens is 1. The maximum absolute atomic E-state index is 13.1. The molecule has 2 heterocycles. The Morgan fingerprint density at radius 2 is 1.74 bits per heavy atom. The van der Waals surface area contributed by atoms with E-state index < -0.39 is 16.0 Å². The van der Waals surface area contributed by atoms with Crippen LogP contribution in [0.25, 0.3) is 10.9 Å². The summed E-state index contributed by atoms with van der Waals surface area (Å²) in [5, 5.41) is 0.634. The third-order valence-corrected chi connectivity index (χ3v) is 8.09. The van der Waals surface area contributed by atoms with E-state index in [1.165, 1.54) is 29.3 Å². The molecule has 0 N–H and O–H groups in total. The van der Waals surface area contributed by atoms with Crippen LogP contribution in [0, 0.1) is 0 Å². The van der Waals surface area contributed by atoms with Crippen LogP contribution in [0.15, 0.2) is 53.6 Å². The van der Waals surface area contributed by atoms with Gasteiger partial charge in [0.25, 0.3) is 0 Å². The molecule has 1 aromatic heterocycles. The number of nitrogens with zero attached hydrogens (tertiary/aromatic N) is 2. The highest BCUT2D eigenvalue weighted by Crippen LogP contribution is 2.28. The highest BCUT2D eigenvalue weighted by Gasteiger charge is 2.27. The van der Waals surface area contributed by atoms with Gasteiger partial charge in [-0.25, -0.2) is 13.2 Å². The lowest BCUT2D eigenvalue weighted by Crippen LogP contribution is -2.35. The Labute approximate surface area is 199 Å². The van der Waals surface area contributed by atoms with E-state index in [2.05, 4.69) is 0 Å². The summed E-state index contributed by atoms with van der Waals surface area (Å²) in [5.41, 5.74) is 1.57. The first-order valence-electron chi connectivity index (χ1n) is 11.3. The number of benzene rings is 2. The zero-order valence-corrected chi connectivity index (χ0v) is 20.1. The Balaban J connectivity index is 1.60. The summed E-state index contributed by atoms with van der Waals surface area (Å²) in [6.07, 6.45) is 4.62. The molecule has 8 nitrogen and oxygen atoms in total. The van der Waals surface area contributed by atoms with Gasteiger partial charge in [0.2, 0.25) is 15.9 Å². The largest absolute Gasteiger partial charge is 0.496 e. The Hall–Kier alpha value is -3.17. The fraction of sp³-hybridized carbons (Fsp3) is 0.360. The van der Waals surface area contributed by atoms with Gasteiger partial charge >= 0.3 is 5.97 Å². The maximum atomic E-state index is 13.1. The molecule has 1 aliphatic heterocycles. The summed E-state index contributed by atoms with van der Waals surface area (Å²) in [5.74, 6) is -0.212. The summed E-state index contributed by atoms with van der Waals surface area (Å²) in [6, 6.07) is 11.9. The first-order valence-corrected chi connectivity index (χ1v) is 12.7. The average molecular weight is 485 g/mol. The van der Waals surface area contributed by atoms with E-state index in [0.717, 1.165) is 19.3 Å². The zero-order chi connectivity index (χ0) is 24.3. The summed E-state index contributed by atoms with van der Waals surface area (Å²) in [7, 11) is -0.787. The van der Waals surface area contributed by atoms with Gasteiger partial charge in [-0.3, -0.25) is 9.36 Å². The SMILES string of the molecule is COC(=O)c1cn(C(=O)CCc2cc(S(=O)(=O)N3CCCCC3)ccc2OC)c2ccccc12. The van der Waals surface area contributed by atoms with Crippen molar-refractivity contribution in [3.8, 4) is 5.75 Å². The number of hydrogen-bond donors (Lipinski definition) is 0. The molecule has 3 aromatic rings. The minimum Gasteiger partial charge on any atom is -0.496 e. The number of para-hydroxylation sites is 1. The Kier molecular flexibility index (Phi) is 7.04. The van der Waals surface area contributed by atoms with Crippen LogP contribution in [0.1, 0.15) is 46.4 Å². The number of fused-ring (bicyclic) bond motifs is 1. The molecule has 0 radical (unpaired) electrons. The van der Waals surface area contributed by atoms with Crippen molar-refractivity contribution in [1.82, 2.24) is 8.87 Å². The van der Waals surface area contributed by atoms with Crippen LogP contribution >= 0.6 is 0 Å². The van der Waals surface area contributed by atoms with E-state index in [1.54, 1.807) is 42.5 Å². The third kappa shape index (κ3) is 4.58. The minimum absolute atomic E-state index is 0.100. The number of carbonyl (C=O) groups is 2. The lowest BCUT2D eigenvalue weighted by Gasteiger charge is -2.26. The monoisotopic (exact) mass is 484 g/mol. The van der Waals surface area contributed by atoms with Crippen molar-refractivity contribution in [1.29, 1.82) is 0 Å². The van der Waals surface area contributed by atoms with Crippen LogP contribution in [0.5, 0.6) is 5.75 Å². The third-order valence-electron chi connectivity index (χ3n) is 6.20. The predicted molar refractivity (Wildman–Crippen MR) is 128 cm³/mol. The molecule has 2 aromatic carbocycles. The lowest BCUT2D eigenvalue weighted by molar-refractivity contribution is 0.0603. The number of methoxy groups -OCH3 is 2. The van der Waals surface area contributed by atoms with E-state index in [-0.39, 0.29) is 23.6 Å². The van der Waals surface area contributed by atoms with E-state index >= 15 is 0 Å². The van der Waals surface area contributed by atoms with Crippen LogP contribution in [-0.4, -0.2) is 56.5 Å². The summed E-state index contributed by atoms with van der Waals surface area (Å²) in [6.45, 7) is 1.04. The molecule has 1 fully saturated rings. The van der Waals surface area contributed by atoms with Gasteiger partial charge in [0.1, 0.15) is 5.75 Å². The number of piperidine rings is 1. The van der Waals surface area contributed by atoms with Crippen molar-refractivity contribution in [2.24, 2.45) is 0 Å². The fourth-order valence-corrected chi connectivity index (χ4v) is 5.95. The number of carbonyl (C=O) groups excluding carboxylic acids is 2. The van der Waals surface area contributed by atoms with Gasteiger partial charge in [-0.1, -0.05) is 24.6 Å². The molecule has 0 spiro atoms. The van der Waals surface area contributed by atoms with Crippen LogP contribution in [-0.2, 0) is 21.2 Å². The van der Waals surface area contributed by atoms with Crippen molar-refractivity contribution in [3.05, 3.63) is 59.8 Å². The molecule has 0 saturated carbocycles. The maximum Gasteiger partial charge on any atom is 0.340 e. The van der Waals surface area contributed by atoms with E-state index in [9.17, 15) is 18.0 Å². The smallest absolute Gasteiger partial charge is 0.340 e. The second-order valence-corrected chi connectivity index (χ2v) is 10.2. The van der Waals surface area contributed by atoms with Gasteiger partial charge in [-0.15, -0.1) is 0 Å². The standard InChI is InChI=1S/C25H28N2O6S/c1-32-23-12-11-19(34(30,31)26-14-6-3-7-15-26)16-18(23)10-13-24(28)27-17-21(25(29)33-2)20-8-4-5-9-22(20)27/h4-5,8-9,11-12,16-17H,3,6-7,10,13-15H2,1-2H3. The van der Waals surface area contributed by atoms with Gasteiger partial charge < -0.3 is 9.47 Å². The molecule has 0 amide bonds. The lowest BCUT2D eigenvalue weighted by atomic mass is 10.1. The average Bonchev–Trinajstić information content (AvgIpc) is 3.27. The number of sulfonamides is 1. The second-order valence-electron chi connectivity index (χ2n) is 8.25. The van der Waals surface area contributed by atoms with Crippen molar-refractivity contribution in [3.63, 3.8) is 0 Å². The van der Waals surface area contributed by atoms with E-state index in [1.807, 2.05) is 0 Å². The molecule has 4 rings (SSSR count). The Bertz CT molecular complexity index is 1320. The molecule has 0 bridgehead atoms. The minimum atomic E-state index is -3.60. The first-order chi connectivity index (χ1) is 16.4. The fourth-order valence-electron chi connectivity index (χ4n) is 4.39. The van der Waals surface area contributed by atoms with Crippen LogP contribution in [0.2, 0.25) is 0 Å². The van der Waals surface area contributed by atoms with Gasteiger partial charge in [0, 0.05) is 31.1 Å². The van der Waals surface area contributed by atoms with E-state index in [4.69, 9.17) is 9.47 Å². The van der Waals surface area contributed by atoms with Crippen molar-refractivity contribution in [2.45, 2.75) is 37.0 Å². The number of aryl methyl sites for hydroxylation is 1. The number of rotatable bonds is 7. The number of ether oxygens (including phenoxy) is 2. The predicted octanol–water partition coefficient (Wildman–Crippen LogP) is 3.88. The number of esters is 1. The van der Waals surface area contributed by atoms with Crippen LogP contribution < -0.4 is 4.74 Å². The Morgan fingerprint density at radius 3 is 2.44 bits per heavy atom. The molecular formula is C25H28N2O6S. The molecule has 0 aliphatic carbocycles. The highest BCUT2D eigenvalue weighted by atomic mass is 32.2. The summed E-state index contributed by atoms with van der Waals surface area (Å²) < 4.78 is 39.5. The van der Waals surface area contributed by atoms with Crippen LogP contribution in [0.4, 0.5) is 0 Å². The van der Waals surface area contributed by atoms with Gasteiger partial charge in [0.15, 0.2) is 0 Å². The topological polar surface area (TPSA) is 94.9 Å².